The van der Waals surface area contributed by atoms with Crippen LogP contribution in [-0.4, -0.2) is 25.9 Å². The van der Waals surface area contributed by atoms with Crippen LogP contribution in [0.1, 0.15) is 24.7 Å². The first-order valence-corrected chi connectivity index (χ1v) is 6.45. The zero-order valence-corrected chi connectivity index (χ0v) is 11.3. The van der Waals surface area contributed by atoms with Crippen molar-refractivity contribution in [1.29, 1.82) is 0 Å². The monoisotopic (exact) mass is 247 g/mol. The van der Waals surface area contributed by atoms with Gasteiger partial charge >= 0.3 is 0 Å². The molecule has 5 nitrogen and oxygen atoms in total. The van der Waals surface area contributed by atoms with Gasteiger partial charge in [-0.15, -0.1) is 0 Å². The van der Waals surface area contributed by atoms with E-state index in [-0.39, 0.29) is 0 Å². The highest BCUT2D eigenvalue weighted by Crippen LogP contribution is 2.09. The van der Waals surface area contributed by atoms with Gasteiger partial charge in [0.1, 0.15) is 0 Å². The molecule has 98 valence electrons. The van der Waals surface area contributed by atoms with Crippen LogP contribution in [0.5, 0.6) is 0 Å². The lowest BCUT2D eigenvalue weighted by Gasteiger charge is -2.08. The van der Waals surface area contributed by atoms with Crippen LogP contribution in [-0.2, 0) is 20.0 Å². The summed E-state index contributed by atoms with van der Waals surface area (Å²) in [5.41, 5.74) is 2.29. The Morgan fingerprint density at radius 2 is 2.22 bits per heavy atom. The van der Waals surface area contributed by atoms with E-state index in [1.54, 1.807) is 0 Å². The highest BCUT2D eigenvalue weighted by atomic mass is 15.3. The molecule has 0 amide bonds. The summed E-state index contributed by atoms with van der Waals surface area (Å²) in [6, 6.07) is 2.05. The van der Waals surface area contributed by atoms with Crippen molar-refractivity contribution >= 4 is 5.95 Å². The molecule has 0 saturated carbocycles. The fraction of sp³-hybridized carbons (Fsp3) is 0.538. The second-order valence-electron chi connectivity index (χ2n) is 4.52. The number of hydrogen-bond acceptors (Lipinski definition) is 3. The summed E-state index contributed by atoms with van der Waals surface area (Å²) in [6.45, 7) is 6.09. The van der Waals surface area contributed by atoms with E-state index in [0.29, 0.717) is 0 Å². The Balaban J connectivity index is 1.92. The predicted octanol–water partition coefficient (Wildman–Crippen LogP) is 1.99. The molecule has 0 radical (unpaired) electrons. The van der Waals surface area contributed by atoms with E-state index in [1.165, 1.54) is 5.69 Å². The summed E-state index contributed by atoms with van der Waals surface area (Å²) in [5, 5.41) is 7.56. The Morgan fingerprint density at radius 3 is 2.89 bits per heavy atom. The number of nitrogens with zero attached hydrogens (tertiary/aromatic N) is 4. The van der Waals surface area contributed by atoms with Crippen molar-refractivity contribution in [2.45, 2.75) is 33.2 Å². The minimum atomic E-state index is 0.875. The fourth-order valence-corrected chi connectivity index (χ4v) is 2.05. The first-order valence-electron chi connectivity index (χ1n) is 6.45. The minimum Gasteiger partial charge on any atom is -0.355 e. The molecule has 0 spiro atoms. The third kappa shape index (κ3) is 2.91. The third-order valence-corrected chi connectivity index (χ3v) is 2.95. The molecule has 0 saturated heterocycles. The Labute approximate surface area is 108 Å². The maximum atomic E-state index is 4.50. The summed E-state index contributed by atoms with van der Waals surface area (Å²) in [7, 11) is 1.97. The van der Waals surface area contributed by atoms with Crippen LogP contribution in [0.15, 0.2) is 18.5 Å². The van der Waals surface area contributed by atoms with E-state index in [9.17, 15) is 0 Å². The summed E-state index contributed by atoms with van der Waals surface area (Å²) in [4.78, 5) is 4.50. The van der Waals surface area contributed by atoms with Crippen molar-refractivity contribution in [2.24, 2.45) is 7.05 Å². The molecule has 0 aliphatic heterocycles. The van der Waals surface area contributed by atoms with Crippen LogP contribution in [0, 0.1) is 6.92 Å². The third-order valence-electron chi connectivity index (χ3n) is 2.95. The fourth-order valence-electron chi connectivity index (χ4n) is 2.05. The van der Waals surface area contributed by atoms with Gasteiger partial charge in [-0.25, -0.2) is 4.98 Å². The number of anilines is 1. The Kier molecular flexibility index (Phi) is 4.02. The normalized spacial score (nSPS) is 10.8. The van der Waals surface area contributed by atoms with Crippen molar-refractivity contribution in [3.05, 3.63) is 29.8 Å². The van der Waals surface area contributed by atoms with Gasteiger partial charge in [0.25, 0.3) is 0 Å². The number of hydrogen-bond donors (Lipinski definition) is 1. The molecule has 5 heteroatoms. The van der Waals surface area contributed by atoms with Crippen molar-refractivity contribution < 1.29 is 0 Å². The Morgan fingerprint density at radius 1 is 1.39 bits per heavy atom. The van der Waals surface area contributed by atoms with Crippen LogP contribution >= 0.6 is 0 Å². The number of aryl methyl sites for hydroxylation is 3. The van der Waals surface area contributed by atoms with Crippen LogP contribution in [0.3, 0.4) is 0 Å². The molecule has 0 atom stereocenters. The summed E-state index contributed by atoms with van der Waals surface area (Å²) < 4.78 is 4.09. The van der Waals surface area contributed by atoms with E-state index in [2.05, 4.69) is 33.1 Å². The molecule has 0 unspecified atom stereocenters. The largest absolute Gasteiger partial charge is 0.355 e. The van der Waals surface area contributed by atoms with Gasteiger partial charge in [0.2, 0.25) is 5.95 Å². The molecule has 0 aliphatic rings. The van der Waals surface area contributed by atoms with Gasteiger partial charge in [0.05, 0.1) is 5.69 Å². The number of nitrogens with one attached hydrogen (secondary N) is 1. The van der Waals surface area contributed by atoms with Gasteiger partial charge < -0.3 is 9.88 Å². The quantitative estimate of drug-likeness (QED) is 0.849. The van der Waals surface area contributed by atoms with Crippen LogP contribution in [0.2, 0.25) is 0 Å². The van der Waals surface area contributed by atoms with Crippen molar-refractivity contribution in [3.8, 4) is 0 Å². The summed E-state index contributed by atoms with van der Waals surface area (Å²) in [6.07, 6.45) is 5.99. The zero-order chi connectivity index (χ0) is 13.0. The smallest absolute Gasteiger partial charge is 0.203 e. The molecular formula is C13H21N5. The first-order chi connectivity index (χ1) is 8.70. The second-order valence-corrected chi connectivity index (χ2v) is 4.52. The van der Waals surface area contributed by atoms with E-state index in [4.69, 9.17) is 0 Å². The van der Waals surface area contributed by atoms with Gasteiger partial charge in [-0.05, 0) is 19.4 Å². The molecule has 2 heterocycles. The first kappa shape index (κ1) is 12.7. The molecule has 0 aliphatic carbocycles. The maximum Gasteiger partial charge on any atom is 0.203 e. The second kappa shape index (κ2) is 5.71. The Hall–Kier alpha value is -1.78. The molecular weight excluding hydrogens is 226 g/mol. The molecule has 0 fully saturated rings. The molecule has 18 heavy (non-hydrogen) atoms. The summed E-state index contributed by atoms with van der Waals surface area (Å²) in [5.74, 6) is 0.969. The average molecular weight is 247 g/mol. The molecule has 2 rings (SSSR count). The van der Waals surface area contributed by atoms with Crippen molar-refractivity contribution in [2.75, 3.05) is 11.9 Å². The lowest BCUT2D eigenvalue weighted by atomic mass is 10.3. The zero-order valence-electron chi connectivity index (χ0n) is 11.3. The number of aromatic nitrogens is 4. The molecule has 0 aromatic carbocycles. The van der Waals surface area contributed by atoms with E-state index in [1.807, 2.05) is 30.9 Å². The highest BCUT2D eigenvalue weighted by Gasteiger charge is 2.04. The molecule has 2 aromatic rings. The average Bonchev–Trinajstić information content (AvgIpc) is 2.87. The van der Waals surface area contributed by atoms with Crippen LogP contribution < -0.4 is 5.32 Å². The lowest BCUT2D eigenvalue weighted by molar-refractivity contribution is 0.677. The van der Waals surface area contributed by atoms with Gasteiger partial charge in [-0.3, -0.25) is 4.68 Å². The lowest BCUT2D eigenvalue weighted by Crippen LogP contribution is -2.12. The Bertz CT molecular complexity index is 497. The molecule has 1 N–H and O–H groups in total. The molecule has 2 aromatic heterocycles. The number of imidazole rings is 1. The standard InChI is InChI=1S/C13H21N5/c1-4-9-18-10-11(2)16-13(18)14-7-5-12-6-8-15-17(12)3/h6,8,10H,4-5,7,9H2,1-3H3,(H,14,16). The number of rotatable bonds is 6. The topological polar surface area (TPSA) is 47.7 Å². The highest BCUT2D eigenvalue weighted by molar-refractivity contribution is 5.29. The van der Waals surface area contributed by atoms with E-state index < -0.39 is 0 Å². The summed E-state index contributed by atoms with van der Waals surface area (Å²) >= 11 is 0. The van der Waals surface area contributed by atoms with Crippen molar-refractivity contribution in [1.82, 2.24) is 19.3 Å². The van der Waals surface area contributed by atoms with E-state index >= 15 is 0 Å². The maximum absolute atomic E-state index is 4.50. The van der Waals surface area contributed by atoms with E-state index in [0.717, 1.165) is 37.6 Å². The van der Waals surface area contributed by atoms with Gasteiger partial charge in [-0.1, -0.05) is 6.92 Å². The van der Waals surface area contributed by atoms with Crippen molar-refractivity contribution in [3.63, 3.8) is 0 Å². The molecule has 0 bridgehead atoms. The minimum absolute atomic E-state index is 0.875. The van der Waals surface area contributed by atoms with Crippen LogP contribution in [0.4, 0.5) is 5.95 Å². The van der Waals surface area contributed by atoms with Gasteiger partial charge in [0, 0.05) is 44.6 Å². The van der Waals surface area contributed by atoms with Gasteiger partial charge in [-0.2, -0.15) is 5.10 Å². The predicted molar refractivity (Wildman–Crippen MR) is 72.7 cm³/mol. The SMILES string of the molecule is CCCn1cc(C)nc1NCCc1ccnn1C. The van der Waals surface area contributed by atoms with Crippen LogP contribution in [0.25, 0.3) is 0 Å². The van der Waals surface area contributed by atoms with Gasteiger partial charge in [0.15, 0.2) is 0 Å².